The van der Waals surface area contributed by atoms with Crippen LogP contribution in [-0.2, 0) is 0 Å². The zero-order chi connectivity index (χ0) is 12.3. The lowest BCUT2D eigenvalue weighted by molar-refractivity contribution is 0.0942. The average molecular weight is 226 g/mol. The first-order valence-corrected chi connectivity index (χ1v) is 5.53. The standard InChI is InChI=1S/C14H14N2O/c1-3-5-10(2)16-14(17)12-6-4-7-13-11(12)8-9-15-13/h1,4,6-10,15H,5H2,2H3,(H,16,17). The van der Waals surface area contributed by atoms with Crippen molar-refractivity contribution < 1.29 is 4.79 Å². The molecule has 0 spiro atoms. The Bertz CT molecular complexity index is 577. The molecule has 17 heavy (non-hydrogen) atoms. The van der Waals surface area contributed by atoms with Crippen LogP contribution in [0.1, 0.15) is 23.7 Å². The van der Waals surface area contributed by atoms with E-state index in [4.69, 9.17) is 6.42 Å². The first-order chi connectivity index (χ1) is 8.22. The fourth-order valence-electron chi connectivity index (χ4n) is 1.81. The number of benzene rings is 1. The molecule has 0 radical (unpaired) electrons. The molecule has 0 aliphatic rings. The van der Waals surface area contributed by atoms with E-state index in [2.05, 4.69) is 16.2 Å². The lowest BCUT2D eigenvalue weighted by atomic mass is 10.1. The molecule has 0 bridgehead atoms. The summed E-state index contributed by atoms with van der Waals surface area (Å²) in [6.07, 6.45) is 7.57. The van der Waals surface area contributed by atoms with Gasteiger partial charge in [0.25, 0.3) is 5.91 Å². The van der Waals surface area contributed by atoms with Crippen molar-refractivity contribution in [2.24, 2.45) is 0 Å². The summed E-state index contributed by atoms with van der Waals surface area (Å²) < 4.78 is 0. The van der Waals surface area contributed by atoms with Gasteiger partial charge in [0.15, 0.2) is 0 Å². The molecule has 0 saturated carbocycles. The molecule has 1 amide bonds. The second-order valence-corrected chi connectivity index (χ2v) is 4.03. The molecule has 2 rings (SSSR count). The topological polar surface area (TPSA) is 44.9 Å². The van der Waals surface area contributed by atoms with E-state index in [-0.39, 0.29) is 11.9 Å². The van der Waals surface area contributed by atoms with E-state index in [0.717, 1.165) is 10.9 Å². The van der Waals surface area contributed by atoms with Crippen LogP contribution >= 0.6 is 0 Å². The molecule has 1 aromatic heterocycles. The minimum atomic E-state index is -0.0852. The number of aromatic amines is 1. The van der Waals surface area contributed by atoms with Crippen molar-refractivity contribution in [1.82, 2.24) is 10.3 Å². The van der Waals surface area contributed by atoms with Gasteiger partial charge in [0.2, 0.25) is 0 Å². The van der Waals surface area contributed by atoms with Crippen molar-refractivity contribution in [3.63, 3.8) is 0 Å². The Hall–Kier alpha value is -2.21. The molecular formula is C14H14N2O. The lowest BCUT2D eigenvalue weighted by Gasteiger charge is -2.11. The highest BCUT2D eigenvalue weighted by Crippen LogP contribution is 2.17. The van der Waals surface area contributed by atoms with Gasteiger partial charge < -0.3 is 10.3 Å². The molecule has 86 valence electrons. The van der Waals surface area contributed by atoms with Crippen molar-refractivity contribution in [2.75, 3.05) is 0 Å². The van der Waals surface area contributed by atoms with Crippen LogP contribution < -0.4 is 5.32 Å². The van der Waals surface area contributed by atoms with Crippen LogP contribution in [-0.4, -0.2) is 16.9 Å². The second-order valence-electron chi connectivity index (χ2n) is 4.03. The van der Waals surface area contributed by atoms with Crippen molar-refractivity contribution in [2.45, 2.75) is 19.4 Å². The molecule has 0 aliphatic carbocycles. The molecule has 1 unspecified atom stereocenters. The fraction of sp³-hybridized carbons (Fsp3) is 0.214. The van der Waals surface area contributed by atoms with E-state index in [1.165, 1.54) is 0 Å². The zero-order valence-electron chi connectivity index (χ0n) is 9.66. The van der Waals surface area contributed by atoms with Gasteiger partial charge in [-0.25, -0.2) is 0 Å². The van der Waals surface area contributed by atoms with Crippen molar-refractivity contribution in [3.8, 4) is 12.3 Å². The molecule has 1 atom stereocenters. The summed E-state index contributed by atoms with van der Waals surface area (Å²) in [5, 5.41) is 3.81. The average Bonchev–Trinajstić information content (AvgIpc) is 2.76. The minimum Gasteiger partial charge on any atom is -0.361 e. The van der Waals surface area contributed by atoms with Gasteiger partial charge in [0, 0.05) is 35.1 Å². The lowest BCUT2D eigenvalue weighted by Crippen LogP contribution is -2.32. The number of aromatic nitrogens is 1. The number of rotatable bonds is 3. The monoisotopic (exact) mass is 226 g/mol. The van der Waals surface area contributed by atoms with E-state index >= 15 is 0 Å². The van der Waals surface area contributed by atoms with Crippen LogP contribution in [0, 0.1) is 12.3 Å². The molecule has 0 saturated heterocycles. The highest BCUT2D eigenvalue weighted by Gasteiger charge is 2.12. The van der Waals surface area contributed by atoms with Gasteiger partial charge >= 0.3 is 0 Å². The summed E-state index contributed by atoms with van der Waals surface area (Å²) in [5.74, 6) is 2.45. The molecule has 1 heterocycles. The summed E-state index contributed by atoms with van der Waals surface area (Å²) in [6.45, 7) is 1.90. The van der Waals surface area contributed by atoms with Gasteiger partial charge in [0.1, 0.15) is 0 Å². The Morgan fingerprint density at radius 1 is 1.53 bits per heavy atom. The highest BCUT2D eigenvalue weighted by atomic mass is 16.1. The first kappa shape index (κ1) is 11.3. The second kappa shape index (κ2) is 4.75. The number of carbonyl (C=O) groups is 1. The van der Waals surface area contributed by atoms with E-state index in [1.54, 1.807) is 0 Å². The number of hydrogen-bond donors (Lipinski definition) is 2. The summed E-state index contributed by atoms with van der Waals surface area (Å²) in [6, 6.07) is 7.50. The molecular weight excluding hydrogens is 212 g/mol. The summed E-state index contributed by atoms with van der Waals surface area (Å²) in [4.78, 5) is 15.1. The maximum atomic E-state index is 12.0. The van der Waals surface area contributed by atoms with E-state index < -0.39 is 0 Å². The van der Waals surface area contributed by atoms with E-state index in [0.29, 0.717) is 12.0 Å². The Morgan fingerprint density at radius 2 is 2.35 bits per heavy atom. The molecule has 0 aliphatic heterocycles. The third kappa shape index (κ3) is 2.31. The number of amides is 1. The zero-order valence-corrected chi connectivity index (χ0v) is 9.66. The third-order valence-electron chi connectivity index (χ3n) is 2.64. The number of terminal acetylenes is 1. The molecule has 2 N–H and O–H groups in total. The van der Waals surface area contributed by atoms with Crippen LogP contribution in [0.3, 0.4) is 0 Å². The number of fused-ring (bicyclic) bond motifs is 1. The van der Waals surface area contributed by atoms with Crippen molar-refractivity contribution in [1.29, 1.82) is 0 Å². The van der Waals surface area contributed by atoms with Gasteiger partial charge in [-0.2, -0.15) is 0 Å². The van der Waals surface area contributed by atoms with Gasteiger partial charge in [0.05, 0.1) is 0 Å². The molecule has 0 fully saturated rings. The summed E-state index contributed by atoms with van der Waals surface area (Å²) in [5.41, 5.74) is 1.63. The Balaban J connectivity index is 2.25. The third-order valence-corrected chi connectivity index (χ3v) is 2.64. The summed E-state index contributed by atoms with van der Waals surface area (Å²) in [7, 11) is 0. The van der Waals surface area contributed by atoms with Crippen LogP contribution in [0.25, 0.3) is 10.9 Å². The first-order valence-electron chi connectivity index (χ1n) is 5.53. The van der Waals surface area contributed by atoms with Gasteiger partial charge in [-0.3, -0.25) is 4.79 Å². The van der Waals surface area contributed by atoms with Crippen LogP contribution in [0.2, 0.25) is 0 Å². The fourth-order valence-corrected chi connectivity index (χ4v) is 1.81. The minimum absolute atomic E-state index is 0.0123. The van der Waals surface area contributed by atoms with Crippen molar-refractivity contribution in [3.05, 3.63) is 36.0 Å². The number of nitrogens with one attached hydrogen (secondary N) is 2. The maximum absolute atomic E-state index is 12.0. The Morgan fingerprint density at radius 3 is 3.12 bits per heavy atom. The number of hydrogen-bond acceptors (Lipinski definition) is 1. The van der Waals surface area contributed by atoms with Gasteiger partial charge in [-0.15, -0.1) is 12.3 Å². The largest absolute Gasteiger partial charge is 0.361 e. The molecule has 2 aromatic rings. The number of carbonyl (C=O) groups excluding carboxylic acids is 1. The molecule has 3 heteroatoms. The smallest absolute Gasteiger partial charge is 0.252 e. The van der Waals surface area contributed by atoms with Crippen LogP contribution in [0.15, 0.2) is 30.5 Å². The van der Waals surface area contributed by atoms with Crippen molar-refractivity contribution >= 4 is 16.8 Å². The molecule has 1 aromatic carbocycles. The predicted octanol–water partition coefficient (Wildman–Crippen LogP) is 2.31. The maximum Gasteiger partial charge on any atom is 0.252 e. The number of H-pyrrole nitrogens is 1. The molecule has 3 nitrogen and oxygen atoms in total. The van der Waals surface area contributed by atoms with Gasteiger partial charge in [-0.05, 0) is 25.1 Å². The summed E-state index contributed by atoms with van der Waals surface area (Å²) >= 11 is 0. The quantitative estimate of drug-likeness (QED) is 0.775. The van der Waals surface area contributed by atoms with Crippen LogP contribution in [0.4, 0.5) is 0 Å². The normalized spacial score (nSPS) is 12.0. The highest BCUT2D eigenvalue weighted by molar-refractivity contribution is 6.06. The van der Waals surface area contributed by atoms with Crippen LogP contribution in [0.5, 0.6) is 0 Å². The predicted molar refractivity (Wildman–Crippen MR) is 68.7 cm³/mol. The van der Waals surface area contributed by atoms with E-state index in [1.807, 2.05) is 37.4 Å². The Labute approximate surface area is 100 Å². The Kier molecular flexibility index (Phi) is 3.15. The SMILES string of the molecule is C#CCC(C)NC(=O)c1cccc2[nH]ccc12. The van der Waals surface area contributed by atoms with E-state index in [9.17, 15) is 4.79 Å². The van der Waals surface area contributed by atoms with Gasteiger partial charge in [-0.1, -0.05) is 6.07 Å².